The molecule has 1 aromatic heterocycles. The molecule has 0 aliphatic heterocycles. The first kappa shape index (κ1) is 18.8. The van der Waals surface area contributed by atoms with Crippen LogP contribution in [0.2, 0.25) is 0 Å². The van der Waals surface area contributed by atoms with Crippen LogP contribution in [0, 0.1) is 0 Å². The minimum Gasteiger partial charge on any atom is -0.326 e. The highest BCUT2D eigenvalue weighted by molar-refractivity contribution is 5.93. The summed E-state index contributed by atoms with van der Waals surface area (Å²) in [5.41, 5.74) is 2.33. The summed E-state index contributed by atoms with van der Waals surface area (Å²) in [6.45, 7) is 1.47. The summed E-state index contributed by atoms with van der Waals surface area (Å²) in [4.78, 5) is 28.5. The normalized spacial score (nSPS) is 15.8. The highest BCUT2D eigenvalue weighted by atomic mass is 16.2. The fourth-order valence-corrected chi connectivity index (χ4v) is 3.25. The first-order valence-corrected chi connectivity index (χ1v) is 9.43. The fraction of sp³-hybridized carbons (Fsp3) is 0.318. The third-order valence-electron chi connectivity index (χ3n) is 4.61. The molecule has 3 rings (SSSR count). The number of pyridine rings is 1. The first-order valence-electron chi connectivity index (χ1n) is 9.43. The maximum Gasteiger partial charge on any atom is 0.256 e. The van der Waals surface area contributed by atoms with E-state index in [2.05, 4.69) is 5.32 Å². The molecule has 140 valence electrons. The van der Waals surface area contributed by atoms with E-state index in [-0.39, 0.29) is 11.8 Å². The molecule has 5 heteroatoms. The second kappa shape index (κ2) is 9.12. The molecule has 1 fully saturated rings. The van der Waals surface area contributed by atoms with Crippen LogP contribution in [-0.2, 0) is 4.79 Å². The third-order valence-corrected chi connectivity index (χ3v) is 4.61. The molecule has 1 aliphatic carbocycles. The van der Waals surface area contributed by atoms with Gasteiger partial charge in [0.15, 0.2) is 0 Å². The number of hydrogen-bond acceptors (Lipinski definition) is 3. The van der Waals surface area contributed by atoms with Gasteiger partial charge in [0, 0.05) is 24.9 Å². The summed E-state index contributed by atoms with van der Waals surface area (Å²) in [7, 11) is 0. The Labute approximate surface area is 159 Å². The molecule has 1 aliphatic rings. The van der Waals surface area contributed by atoms with E-state index in [1.165, 1.54) is 26.2 Å². The van der Waals surface area contributed by atoms with Gasteiger partial charge in [-0.25, -0.2) is 0 Å². The van der Waals surface area contributed by atoms with Crippen molar-refractivity contribution >= 4 is 23.6 Å². The van der Waals surface area contributed by atoms with Crippen molar-refractivity contribution < 1.29 is 9.59 Å². The second-order valence-corrected chi connectivity index (χ2v) is 6.82. The van der Waals surface area contributed by atoms with Gasteiger partial charge in [0.25, 0.3) is 5.91 Å². The molecule has 1 heterocycles. The number of hydrogen-bond donors (Lipinski definition) is 1. The van der Waals surface area contributed by atoms with Gasteiger partial charge in [0.05, 0.1) is 6.04 Å². The van der Waals surface area contributed by atoms with Crippen molar-refractivity contribution in [3.63, 3.8) is 0 Å². The minimum absolute atomic E-state index is 0.108. The van der Waals surface area contributed by atoms with Crippen LogP contribution in [0.15, 0.2) is 59.7 Å². The largest absolute Gasteiger partial charge is 0.326 e. The van der Waals surface area contributed by atoms with Gasteiger partial charge < -0.3 is 5.32 Å². The van der Waals surface area contributed by atoms with E-state index in [4.69, 9.17) is 4.99 Å². The third kappa shape index (κ3) is 5.51. The summed E-state index contributed by atoms with van der Waals surface area (Å²) in [6, 6.07) is 13.3. The van der Waals surface area contributed by atoms with Crippen LogP contribution in [0.25, 0.3) is 6.08 Å². The van der Waals surface area contributed by atoms with Crippen molar-refractivity contribution in [2.45, 2.75) is 45.1 Å². The average molecular weight is 363 g/mol. The number of nitrogens with one attached hydrogen (secondary N) is 1. The highest BCUT2D eigenvalue weighted by Gasteiger charge is 2.12. The van der Waals surface area contributed by atoms with Crippen molar-refractivity contribution in [2.75, 3.05) is 5.32 Å². The maximum atomic E-state index is 12.7. The molecule has 0 atom stereocenters. The highest BCUT2D eigenvalue weighted by Crippen LogP contribution is 2.19. The molecule has 27 heavy (non-hydrogen) atoms. The Bertz CT molecular complexity index is 888. The van der Waals surface area contributed by atoms with Crippen LogP contribution in [0.3, 0.4) is 0 Å². The second-order valence-electron chi connectivity index (χ2n) is 6.82. The van der Waals surface area contributed by atoms with Crippen molar-refractivity contribution in [1.29, 1.82) is 0 Å². The predicted octanol–water partition coefficient (Wildman–Crippen LogP) is 4.03. The van der Waals surface area contributed by atoms with Gasteiger partial charge in [-0.15, -0.1) is 0 Å². The van der Waals surface area contributed by atoms with Crippen molar-refractivity contribution in [2.24, 2.45) is 4.99 Å². The SMILES string of the molecule is CC(=O)Nc1ccc(/C=C/C(=O)n2ccccc2=NC2CCCCC2)cc1. The van der Waals surface area contributed by atoms with Gasteiger partial charge in [-0.1, -0.05) is 37.5 Å². The molecule has 1 aromatic carbocycles. The quantitative estimate of drug-likeness (QED) is 0.834. The van der Waals surface area contributed by atoms with Crippen LogP contribution in [0.1, 0.15) is 49.4 Å². The fourth-order valence-electron chi connectivity index (χ4n) is 3.25. The number of rotatable bonds is 4. The molecule has 5 nitrogen and oxygen atoms in total. The minimum atomic E-state index is -0.129. The molecule has 1 N–H and O–H groups in total. The Hall–Kier alpha value is -2.95. The topological polar surface area (TPSA) is 63.5 Å². The lowest BCUT2D eigenvalue weighted by atomic mass is 9.96. The molecular formula is C22H25N3O2. The molecule has 0 radical (unpaired) electrons. The van der Waals surface area contributed by atoms with Gasteiger partial charge in [0.2, 0.25) is 5.91 Å². The summed E-state index contributed by atoms with van der Waals surface area (Å²) in [6.07, 6.45) is 11.0. The summed E-state index contributed by atoms with van der Waals surface area (Å²) in [5.74, 6) is -0.237. The zero-order chi connectivity index (χ0) is 19.1. The van der Waals surface area contributed by atoms with Gasteiger partial charge >= 0.3 is 0 Å². The number of amides is 1. The lowest BCUT2D eigenvalue weighted by Gasteiger charge is -2.17. The molecule has 0 bridgehead atoms. The summed E-state index contributed by atoms with van der Waals surface area (Å²) >= 11 is 0. The van der Waals surface area contributed by atoms with Crippen LogP contribution in [0.5, 0.6) is 0 Å². The lowest BCUT2D eigenvalue weighted by Crippen LogP contribution is -2.27. The number of carbonyl (C=O) groups excluding carboxylic acids is 2. The number of benzene rings is 1. The van der Waals surface area contributed by atoms with Crippen LogP contribution in [-0.4, -0.2) is 22.4 Å². The molecule has 1 saturated carbocycles. The number of allylic oxidation sites excluding steroid dienone is 1. The van der Waals surface area contributed by atoms with Crippen LogP contribution < -0.4 is 10.8 Å². The van der Waals surface area contributed by atoms with Crippen molar-refractivity contribution in [3.8, 4) is 0 Å². The molecular weight excluding hydrogens is 338 g/mol. The van der Waals surface area contributed by atoms with Crippen molar-refractivity contribution in [1.82, 2.24) is 4.57 Å². The maximum absolute atomic E-state index is 12.7. The molecule has 0 spiro atoms. The Morgan fingerprint density at radius 3 is 2.52 bits per heavy atom. The number of aromatic nitrogens is 1. The number of anilines is 1. The van der Waals surface area contributed by atoms with Gasteiger partial charge in [-0.05, 0) is 48.7 Å². The molecule has 0 saturated heterocycles. The Morgan fingerprint density at radius 1 is 1.07 bits per heavy atom. The zero-order valence-corrected chi connectivity index (χ0v) is 15.6. The van der Waals surface area contributed by atoms with E-state index in [0.717, 1.165) is 24.1 Å². The van der Waals surface area contributed by atoms with E-state index >= 15 is 0 Å². The van der Waals surface area contributed by atoms with E-state index < -0.39 is 0 Å². The molecule has 1 amide bonds. The van der Waals surface area contributed by atoms with Gasteiger partial charge in [-0.2, -0.15) is 0 Å². The average Bonchev–Trinajstić information content (AvgIpc) is 2.68. The summed E-state index contributed by atoms with van der Waals surface area (Å²) in [5, 5.41) is 2.72. The predicted molar refractivity (Wildman–Crippen MR) is 107 cm³/mol. The van der Waals surface area contributed by atoms with E-state index in [9.17, 15) is 9.59 Å². The summed E-state index contributed by atoms with van der Waals surface area (Å²) < 4.78 is 1.59. The van der Waals surface area contributed by atoms with Crippen LogP contribution in [0.4, 0.5) is 5.69 Å². The van der Waals surface area contributed by atoms with E-state index in [1.54, 1.807) is 22.9 Å². The Balaban J connectivity index is 1.75. The standard InChI is InChI=1S/C22H25N3O2/c1-17(26)23-20-13-10-18(11-14-20)12-15-22(27)25-16-6-5-9-21(25)24-19-7-3-2-4-8-19/h5-6,9-16,19H,2-4,7-8H2,1H3,(H,23,26)/b15-12+,24-21?. The van der Waals surface area contributed by atoms with Gasteiger partial charge in [0.1, 0.15) is 5.49 Å². The smallest absolute Gasteiger partial charge is 0.256 e. The lowest BCUT2D eigenvalue weighted by molar-refractivity contribution is -0.114. The number of nitrogens with zero attached hydrogens (tertiary/aromatic N) is 2. The van der Waals surface area contributed by atoms with Crippen molar-refractivity contribution in [3.05, 3.63) is 65.8 Å². The Morgan fingerprint density at radius 2 is 1.81 bits per heavy atom. The molecule has 2 aromatic rings. The van der Waals surface area contributed by atoms with E-state index in [1.807, 2.05) is 42.5 Å². The monoisotopic (exact) mass is 363 g/mol. The Kier molecular flexibility index (Phi) is 6.36. The molecule has 0 unspecified atom stereocenters. The number of carbonyl (C=O) groups is 2. The van der Waals surface area contributed by atoms with Gasteiger partial charge in [-0.3, -0.25) is 19.1 Å². The zero-order valence-electron chi connectivity index (χ0n) is 15.6. The first-order chi connectivity index (χ1) is 13.1. The van der Waals surface area contributed by atoms with E-state index in [0.29, 0.717) is 11.5 Å². The van der Waals surface area contributed by atoms with Crippen LogP contribution >= 0.6 is 0 Å².